The monoisotopic (exact) mass is 242 g/mol. The maximum atomic E-state index is 10.1. The summed E-state index contributed by atoms with van der Waals surface area (Å²) in [5, 5.41) is 8.87. The summed E-state index contributed by atoms with van der Waals surface area (Å²) in [4.78, 5) is 10.1. The van der Waals surface area contributed by atoms with Gasteiger partial charge in [0.15, 0.2) is 6.61 Å². The zero-order chi connectivity index (χ0) is 8.97. The molecule has 0 unspecified atom stereocenters. The predicted molar refractivity (Wildman–Crippen MR) is 46.5 cm³/mol. The minimum Gasteiger partial charge on any atom is -0.870 e. The normalized spacial score (nSPS) is 8.07. The zero-order valence-corrected chi connectivity index (χ0v) is 11.5. The minimum atomic E-state index is -0.995. The Labute approximate surface area is 129 Å². The summed E-state index contributed by atoms with van der Waals surface area (Å²) >= 11 is 5.60. The third-order valence-corrected chi connectivity index (χ3v) is 1.43. The van der Waals surface area contributed by atoms with Gasteiger partial charge in [0.1, 0.15) is 5.75 Å². The number of ether oxygens (including phenoxy) is 1. The van der Waals surface area contributed by atoms with E-state index in [0.29, 0.717) is 10.8 Å². The largest absolute Gasteiger partial charge is 1.00 e. The zero-order valence-electron chi connectivity index (χ0n) is 7.61. The van der Waals surface area contributed by atoms with Gasteiger partial charge in [-0.1, -0.05) is 11.6 Å². The number of hydrogen-bond donors (Lipinski definition) is 1. The van der Waals surface area contributed by atoms with Crippen LogP contribution in [0.2, 0.25) is 5.02 Å². The molecule has 1 aromatic carbocycles. The van der Waals surface area contributed by atoms with Gasteiger partial charge in [-0.2, -0.15) is 0 Å². The molecular weight excluding hydrogens is 235 g/mol. The van der Waals surface area contributed by atoms with E-state index in [1.165, 1.54) is 0 Å². The quantitative estimate of drug-likeness (QED) is 0.664. The number of benzene rings is 1. The molecule has 2 N–H and O–H groups in total. The van der Waals surface area contributed by atoms with E-state index < -0.39 is 5.97 Å². The van der Waals surface area contributed by atoms with E-state index in [4.69, 9.17) is 21.4 Å². The molecule has 6 heteroatoms. The van der Waals surface area contributed by atoms with Crippen LogP contribution in [0.3, 0.4) is 0 Å². The Balaban J connectivity index is 0. The summed E-state index contributed by atoms with van der Waals surface area (Å²) in [7, 11) is 0. The van der Waals surface area contributed by atoms with E-state index in [-0.39, 0.29) is 63.5 Å². The van der Waals surface area contributed by atoms with Crippen LogP contribution >= 0.6 is 11.6 Å². The van der Waals surface area contributed by atoms with E-state index in [9.17, 15) is 4.79 Å². The van der Waals surface area contributed by atoms with Crippen LogP contribution in [-0.2, 0) is 4.79 Å². The molecule has 0 fully saturated rings. The van der Waals surface area contributed by atoms with Crippen LogP contribution in [0.4, 0.5) is 0 Å². The smallest absolute Gasteiger partial charge is 0.870 e. The first-order valence-electron chi connectivity index (χ1n) is 3.28. The molecule has 14 heavy (non-hydrogen) atoms. The van der Waals surface area contributed by atoms with Gasteiger partial charge in [0.2, 0.25) is 0 Å². The van der Waals surface area contributed by atoms with Crippen LogP contribution in [0.25, 0.3) is 0 Å². The number of carboxylic acids is 1. The predicted octanol–water partition coefficient (Wildman–Crippen LogP) is -1.37. The Bertz CT molecular complexity index is 275. The van der Waals surface area contributed by atoms with Gasteiger partial charge in [0.05, 0.1) is 0 Å². The number of carboxylic acid groups (broad SMARTS) is 1. The van der Waals surface area contributed by atoms with Crippen molar-refractivity contribution in [3.63, 3.8) is 0 Å². The second-order valence-electron chi connectivity index (χ2n) is 2.14. The number of carbonyl (C=O) groups is 1. The molecule has 0 aliphatic rings. The third kappa shape index (κ3) is 6.77. The van der Waals surface area contributed by atoms with E-state index in [0.717, 1.165) is 0 Å². The van der Waals surface area contributed by atoms with Crippen molar-refractivity contribution in [1.82, 2.24) is 0 Å². The Hall–Kier alpha value is 0.376. The summed E-state index contributed by atoms with van der Waals surface area (Å²) in [5.74, 6) is -0.494. The molecule has 0 atom stereocenters. The SMILES string of the molecule is O=C(O)COc1ccc(Cl)cc1.[K+].[OH-]. The Morgan fingerprint density at radius 3 is 2.29 bits per heavy atom. The van der Waals surface area contributed by atoms with E-state index in [1.54, 1.807) is 24.3 Å². The first kappa shape index (κ1) is 16.8. The second kappa shape index (κ2) is 8.67. The average molecular weight is 243 g/mol. The van der Waals surface area contributed by atoms with Gasteiger partial charge in [-0.05, 0) is 24.3 Å². The van der Waals surface area contributed by atoms with Gasteiger partial charge in [0.25, 0.3) is 0 Å². The molecule has 0 aliphatic carbocycles. The summed E-state index contributed by atoms with van der Waals surface area (Å²) in [6.45, 7) is -0.332. The summed E-state index contributed by atoms with van der Waals surface area (Å²) in [6, 6.07) is 6.51. The van der Waals surface area contributed by atoms with Crippen molar-refractivity contribution in [2.45, 2.75) is 0 Å². The molecule has 0 aromatic heterocycles. The van der Waals surface area contributed by atoms with Gasteiger partial charge < -0.3 is 15.3 Å². The maximum Gasteiger partial charge on any atom is 1.00 e. The Morgan fingerprint density at radius 1 is 1.36 bits per heavy atom. The third-order valence-electron chi connectivity index (χ3n) is 1.18. The van der Waals surface area contributed by atoms with Gasteiger partial charge >= 0.3 is 57.4 Å². The summed E-state index contributed by atoms with van der Waals surface area (Å²) < 4.78 is 4.86. The van der Waals surface area contributed by atoms with Gasteiger partial charge in [-0.15, -0.1) is 0 Å². The van der Waals surface area contributed by atoms with Crippen molar-refractivity contribution in [2.75, 3.05) is 6.61 Å². The fourth-order valence-electron chi connectivity index (χ4n) is 0.676. The van der Waals surface area contributed by atoms with Crippen molar-refractivity contribution in [2.24, 2.45) is 0 Å². The minimum absolute atomic E-state index is 0. The van der Waals surface area contributed by atoms with Crippen molar-refractivity contribution < 1.29 is 71.5 Å². The summed E-state index contributed by atoms with van der Waals surface area (Å²) in [5.41, 5.74) is 0. The number of rotatable bonds is 3. The van der Waals surface area contributed by atoms with Crippen molar-refractivity contribution >= 4 is 17.6 Å². The molecule has 0 amide bonds. The molecule has 0 radical (unpaired) electrons. The van der Waals surface area contributed by atoms with E-state index in [1.807, 2.05) is 0 Å². The molecule has 4 nitrogen and oxygen atoms in total. The molecule has 1 rings (SSSR count). The Kier molecular flexibility index (Phi) is 10.4. The molecule has 0 saturated carbocycles. The molecule has 1 aromatic rings. The summed E-state index contributed by atoms with van der Waals surface area (Å²) in [6.07, 6.45) is 0. The number of aliphatic carboxylic acids is 1. The van der Waals surface area contributed by atoms with E-state index in [2.05, 4.69) is 0 Å². The fourth-order valence-corrected chi connectivity index (χ4v) is 0.802. The van der Waals surface area contributed by atoms with Gasteiger partial charge in [0, 0.05) is 5.02 Å². The molecule has 0 bridgehead atoms. The molecule has 0 aliphatic heterocycles. The van der Waals surface area contributed by atoms with Crippen LogP contribution in [0.5, 0.6) is 5.75 Å². The molecule has 72 valence electrons. The van der Waals surface area contributed by atoms with Crippen LogP contribution in [0.1, 0.15) is 0 Å². The molecular formula is C8H8ClKO4. The second-order valence-corrected chi connectivity index (χ2v) is 2.57. The van der Waals surface area contributed by atoms with Crippen LogP contribution < -0.4 is 56.1 Å². The number of halogens is 1. The standard InChI is InChI=1S/C8H7ClO3.K.H2O/c9-6-1-3-7(4-2-6)12-5-8(10)11;;/h1-4H,5H2,(H,10,11);;1H2/q;+1;/p-1. The topological polar surface area (TPSA) is 76.5 Å². The first-order chi connectivity index (χ1) is 5.68. The number of hydrogen-bond acceptors (Lipinski definition) is 3. The van der Waals surface area contributed by atoms with Crippen LogP contribution in [0, 0.1) is 0 Å². The maximum absolute atomic E-state index is 10.1. The van der Waals surface area contributed by atoms with Crippen LogP contribution in [0.15, 0.2) is 24.3 Å². The van der Waals surface area contributed by atoms with Gasteiger partial charge in [-0.3, -0.25) is 0 Å². The van der Waals surface area contributed by atoms with Gasteiger partial charge in [-0.25, -0.2) is 4.79 Å². The average Bonchev–Trinajstić information content (AvgIpc) is 2.03. The Morgan fingerprint density at radius 2 is 1.86 bits per heavy atom. The van der Waals surface area contributed by atoms with Crippen molar-refractivity contribution in [3.8, 4) is 5.75 Å². The molecule has 0 heterocycles. The van der Waals surface area contributed by atoms with Crippen molar-refractivity contribution in [1.29, 1.82) is 0 Å². The molecule has 0 spiro atoms. The van der Waals surface area contributed by atoms with E-state index >= 15 is 0 Å². The molecule has 0 saturated heterocycles. The first-order valence-corrected chi connectivity index (χ1v) is 3.66. The van der Waals surface area contributed by atoms with Crippen molar-refractivity contribution in [3.05, 3.63) is 29.3 Å². The fraction of sp³-hybridized carbons (Fsp3) is 0.125. The van der Waals surface area contributed by atoms with Crippen LogP contribution in [-0.4, -0.2) is 23.2 Å².